The number of nitrogens with zero attached hydrogens (tertiary/aromatic N) is 4. The van der Waals surface area contributed by atoms with Crippen molar-refractivity contribution in [2.24, 2.45) is 0 Å². The van der Waals surface area contributed by atoms with Gasteiger partial charge in [-0.15, -0.1) is 0 Å². The second-order valence-corrected chi connectivity index (χ2v) is 3.98. The van der Waals surface area contributed by atoms with Gasteiger partial charge in [-0.3, -0.25) is 0 Å². The molecule has 3 heterocycles. The highest BCUT2D eigenvalue weighted by Crippen LogP contribution is 2.24. The second kappa shape index (κ2) is 4.08. The van der Waals surface area contributed by atoms with Crippen LogP contribution in [0.4, 0.5) is 10.2 Å². The number of aromatic amines is 1. The zero-order chi connectivity index (χ0) is 11.8. The molecule has 2 aromatic rings. The van der Waals surface area contributed by atoms with E-state index < -0.39 is 6.08 Å². The van der Waals surface area contributed by atoms with Crippen LogP contribution < -0.4 is 4.90 Å². The van der Waals surface area contributed by atoms with Crippen LogP contribution in [0.25, 0.3) is 11.2 Å². The van der Waals surface area contributed by atoms with E-state index in [1.54, 1.807) is 0 Å². The number of nitrogens with one attached hydrogen (secondary N) is 1. The van der Waals surface area contributed by atoms with Crippen LogP contribution in [0.3, 0.4) is 0 Å². The van der Waals surface area contributed by atoms with E-state index in [4.69, 9.17) is 16.3 Å². The molecule has 8 heteroatoms. The first-order valence-electron chi connectivity index (χ1n) is 5.15. The summed E-state index contributed by atoms with van der Waals surface area (Å²) in [5.74, 6) is 0.569. The van der Waals surface area contributed by atoms with Crippen molar-refractivity contribution < 1.29 is 9.13 Å². The Hall–Kier alpha value is -1.47. The van der Waals surface area contributed by atoms with Gasteiger partial charge in [0.1, 0.15) is 5.52 Å². The molecule has 1 saturated heterocycles. The fourth-order valence-electron chi connectivity index (χ4n) is 1.83. The molecule has 0 saturated carbocycles. The van der Waals surface area contributed by atoms with Crippen molar-refractivity contribution in [1.29, 1.82) is 0 Å². The Kier molecular flexibility index (Phi) is 2.56. The van der Waals surface area contributed by atoms with Gasteiger partial charge in [0.25, 0.3) is 6.08 Å². The maximum absolute atomic E-state index is 13.1. The molecule has 90 valence electrons. The summed E-state index contributed by atoms with van der Waals surface area (Å²) in [5, 5.41) is 0.0606. The molecule has 6 nitrogen and oxygen atoms in total. The van der Waals surface area contributed by atoms with Crippen LogP contribution >= 0.6 is 11.6 Å². The molecule has 2 aromatic heterocycles. The number of fused-ring (bicyclic) bond motifs is 1. The summed E-state index contributed by atoms with van der Waals surface area (Å²) < 4.78 is 18.3. The minimum atomic E-state index is -0.689. The third kappa shape index (κ3) is 1.91. The van der Waals surface area contributed by atoms with Crippen LogP contribution in [0, 0.1) is 6.08 Å². The maximum atomic E-state index is 13.1. The number of imidazole rings is 1. The van der Waals surface area contributed by atoms with Crippen LogP contribution in [-0.4, -0.2) is 46.2 Å². The summed E-state index contributed by atoms with van der Waals surface area (Å²) in [7, 11) is 0. The van der Waals surface area contributed by atoms with Crippen LogP contribution in [-0.2, 0) is 4.74 Å². The molecule has 17 heavy (non-hydrogen) atoms. The quantitative estimate of drug-likeness (QED) is 0.609. The molecule has 0 atom stereocenters. The highest BCUT2D eigenvalue weighted by molar-refractivity contribution is 6.28. The minimum Gasteiger partial charge on any atom is -0.378 e. The molecule has 1 fully saturated rings. The molecular weight excluding hydrogens is 249 g/mol. The molecular formula is C9H9ClFN5O. The molecule has 1 N–H and O–H groups in total. The van der Waals surface area contributed by atoms with Gasteiger partial charge >= 0.3 is 0 Å². The number of ether oxygens (including phenoxy) is 1. The van der Waals surface area contributed by atoms with Crippen molar-refractivity contribution in [3.8, 4) is 0 Å². The Balaban J connectivity index is 2.12. The van der Waals surface area contributed by atoms with Gasteiger partial charge in [0.2, 0.25) is 5.28 Å². The van der Waals surface area contributed by atoms with Gasteiger partial charge in [-0.2, -0.15) is 19.3 Å². The molecule has 0 amide bonds. The number of aromatic nitrogens is 4. The summed E-state index contributed by atoms with van der Waals surface area (Å²) in [4.78, 5) is 16.1. The normalized spacial score (nSPS) is 16.7. The molecule has 1 aliphatic rings. The van der Waals surface area contributed by atoms with E-state index in [0.717, 1.165) is 0 Å². The summed E-state index contributed by atoms with van der Waals surface area (Å²) in [6.45, 7) is 2.59. The standard InChI is InChI=1S/C9H9ClFN5O/c10-8-13-6-5(12-9(11)14-6)7(15-8)16-1-3-17-4-2-16/h1-4H2,(H,12,13,14,15). The van der Waals surface area contributed by atoms with Crippen molar-refractivity contribution in [3.63, 3.8) is 0 Å². The van der Waals surface area contributed by atoms with Gasteiger partial charge in [-0.05, 0) is 11.6 Å². The number of H-pyrrole nitrogens is 1. The van der Waals surface area contributed by atoms with E-state index in [1.165, 1.54) is 0 Å². The number of hydrogen-bond acceptors (Lipinski definition) is 5. The molecule has 0 aromatic carbocycles. The van der Waals surface area contributed by atoms with Gasteiger partial charge in [0.15, 0.2) is 11.5 Å². The lowest BCUT2D eigenvalue weighted by molar-refractivity contribution is 0.122. The first-order valence-corrected chi connectivity index (χ1v) is 5.53. The van der Waals surface area contributed by atoms with E-state index in [-0.39, 0.29) is 10.9 Å². The molecule has 0 radical (unpaired) electrons. The average Bonchev–Trinajstić information content (AvgIpc) is 2.69. The Bertz CT molecular complexity index is 554. The third-order valence-corrected chi connectivity index (χ3v) is 2.76. The summed E-state index contributed by atoms with van der Waals surface area (Å²) in [6, 6.07) is 0. The van der Waals surface area contributed by atoms with E-state index in [2.05, 4.69) is 19.9 Å². The smallest absolute Gasteiger partial charge is 0.289 e. The fourth-order valence-corrected chi connectivity index (χ4v) is 1.99. The van der Waals surface area contributed by atoms with Gasteiger partial charge in [-0.25, -0.2) is 0 Å². The topological polar surface area (TPSA) is 66.9 Å². The monoisotopic (exact) mass is 257 g/mol. The number of halogens is 2. The molecule has 3 rings (SSSR count). The van der Waals surface area contributed by atoms with Crippen LogP contribution in [0.5, 0.6) is 0 Å². The van der Waals surface area contributed by atoms with Crippen molar-refractivity contribution >= 4 is 28.6 Å². The van der Waals surface area contributed by atoms with E-state index in [1.807, 2.05) is 4.90 Å². The SMILES string of the molecule is Fc1nc2nc(Cl)nc(N3CCOCC3)c2[nH]1. The predicted octanol–water partition coefficient (Wildman–Crippen LogP) is 0.982. The van der Waals surface area contributed by atoms with Crippen LogP contribution in [0.15, 0.2) is 0 Å². The highest BCUT2D eigenvalue weighted by Gasteiger charge is 2.19. The van der Waals surface area contributed by atoms with E-state index in [0.29, 0.717) is 37.6 Å². The van der Waals surface area contributed by atoms with E-state index >= 15 is 0 Å². The lowest BCUT2D eigenvalue weighted by Gasteiger charge is -2.27. The van der Waals surface area contributed by atoms with E-state index in [9.17, 15) is 4.39 Å². The van der Waals surface area contributed by atoms with Gasteiger partial charge in [0, 0.05) is 13.1 Å². The average molecular weight is 258 g/mol. The predicted molar refractivity (Wildman–Crippen MR) is 59.7 cm³/mol. The van der Waals surface area contributed by atoms with Crippen molar-refractivity contribution in [2.75, 3.05) is 31.2 Å². The second-order valence-electron chi connectivity index (χ2n) is 3.64. The molecule has 0 spiro atoms. The summed E-state index contributed by atoms with van der Waals surface area (Å²) in [5.41, 5.74) is 0.706. The van der Waals surface area contributed by atoms with Gasteiger partial charge in [-0.1, -0.05) is 0 Å². The number of hydrogen-bond donors (Lipinski definition) is 1. The number of anilines is 1. The minimum absolute atomic E-state index is 0.0606. The highest BCUT2D eigenvalue weighted by atomic mass is 35.5. The lowest BCUT2D eigenvalue weighted by Crippen LogP contribution is -2.37. The van der Waals surface area contributed by atoms with Crippen LogP contribution in [0.2, 0.25) is 5.28 Å². The summed E-state index contributed by atoms with van der Waals surface area (Å²) in [6.07, 6.45) is -0.689. The molecule has 0 aliphatic carbocycles. The number of rotatable bonds is 1. The maximum Gasteiger partial charge on any atom is 0.289 e. The van der Waals surface area contributed by atoms with Crippen molar-refractivity contribution in [2.45, 2.75) is 0 Å². The molecule has 1 aliphatic heterocycles. The zero-order valence-corrected chi connectivity index (χ0v) is 9.54. The van der Waals surface area contributed by atoms with Gasteiger partial charge < -0.3 is 14.6 Å². The zero-order valence-electron chi connectivity index (χ0n) is 8.78. The van der Waals surface area contributed by atoms with Gasteiger partial charge in [0.05, 0.1) is 13.2 Å². The summed E-state index contributed by atoms with van der Waals surface area (Å²) >= 11 is 5.80. The number of morpholine rings is 1. The first kappa shape index (κ1) is 10.7. The Morgan fingerprint density at radius 2 is 2.00 bits per heavy atom. The Morgan fingerprint density at radius 1 is 1.24 bits per heavy atom. The Morgan fingerprint density at radius 3 is 2.76 bits per heavy atom. The largest absolute Gasteiger partial charge is 0.378 e. The van der Waals surface area contributed by atoms with Crippen molar-refractivity contribution in [1.82, 2.24) is 19.9 Å². The molecule has 0 unspecified atom stereocenters. The Labute approximate surface area is 101 Å². The fraction of sp³-hybridized carbons (Fsp3) is 0.444. The van der Waals surface area contributed by atoms with Crippen LogP contribution in [0.1, 0.15) is 0 Å². The van der Waals surface area contributed by atoms with Crippen molar-refractivity contribution in [3.05, 3.63) is 11.4 Å². The third-order valence-electron chi connectivity index (χ3n) is 2.59. The first-order chi connectivity index (χ1) is 8.24. The lowest BCUT2D eigenvalue weighted by atomic mass is 10.4. The molecule has 0 bridgehead atoms.